The van der Waals surface area contributed by atoms with Gasteiger partial charge in [-0.1, -0.05) is 282 Å². The molecule has 19 heteroatoms. The Labute approximate surface area is 562 Å². The van der Waals surface area contributed by atoms with Gasteiger partial charge in [-0.2, -0.15) is 0 Å². The van der Waals surface area contributed by atoms with Gasteiger partial charge in [0, 0.05) is 6.42 Å². The highest BCUT2D eigenvalue weighted by atomic mass is 16.8. The van der Waals surface area contributed by atoms with Crippen molar-refractivity contribution in [1.82, 2.24) is 5.32 Å². The third-order valence-corrected chi connectivity index (χ3v) is 19.3. The van der Waals surface area contributed by atoms with E-state index in [4.69, 9.17) is 28.4 Å². The molecule has 17 unspecified atom stereocenters. The summed E-state index contributed by atoms with van der Waals surface area (Å²) in [5, 5.41) is 121. The Balaban J connectivity index is 1.40. The predicted octanol–water partition coefficient (Wildman–Crippen LogP) is 11.4. The maximum atomic E-state index is 13.5. The number of amides is 1. The zero-order chi connectivity index (χ0) is 67.5. The highest BCUT2D eigenvalue weighted by Crippen LogP contribution is 2.33. The zero-order valence-electron chi connectivity index (χ0n) is 58.3. The van der Waals surface area contributed by atoms with Gasteiger partial charge in [0.1, 0.15) is 73.2 Å². The molecular weight excluding hydrogens is 1190 g/mol. The number of nitrogens with one attached hydrogen (secondary N) is 1. The molecule has 3 aliphatic rings. The molecule has 3 rings (SSSR count). The van der Waals surface area contributed by atoms with Crippen LogP contribution in [0.3, 0.4) is 0 Å². The Morgan fingerprint density at radius 3 is 1.10 bits per heavy atom. The normalized spacial score (nSPS) is 27.6. The quantitative estimate of drug-likeness (QED) is 0.0199. The van der Waals surface area contributed by atoms with Crippen LogP contribution in [0.25, 0.3) is 0 Å². The topological polar surface area (TPSA) is 307 Å². The van der Waals surface area contributed by atoms with Gasteiger partial charge in [-0.15, -0.1) is 0 Å². The minimum atomic E-state index is -1.97. The number of carbonyl (C=O) groups excluding carboxylic acids is 1. The molecule has 17 atom stereocenters. The molecule has 1 amide bonds. The minimum Gasteiger partial charge on any atom is -0.394 e. The van der Waals surface area contributed by atoms with Crippen molar-refractivity contribution in [3.8, 4) is 0 Å². The molecule has 3 heterocycles. The largest absolute Gasteiger partial charge is 0.394 e. The molecule has 93 heavy (non-hydrogen) atoms. The van der Waals surface area contributed by atoms with E-state index in [1.165, 1.54) is 218 Å². The van der Waals surface area contributed by atoms with Gasteiger partial charge in [-0.05, 0) is 44.9 Å². The van der Waals surface area contributed by atoms with E-state index >= 15 is 0 Å². The predicted molar refractivity (Wildman–Crippen MR) is 365 cm³/mol. The van der Waals surface area contributed by atoms with Crippen LogP contribution in [-0.4, -0.2) is 193 Å². The third-order valence-electron chi connectivity index (χ3n) is 19.3. The second kappa shape index (κ2) is 56.1. The van der Waals surface area contributed by atoms with Crippen LogP contribution in [-0.2, 0) is 33.2 Å². The van der Waals surface area contributed by atoms with Crippen molar-refractivity contribution in [1.29, 1.82) is 0 Å². The van der Waals surface area contributed by atoms with Crippen LogP contribution in [0, 0.1) is 0 Å². The fraction of sp³-hybridized carbons (Fsp3) is 0.932. The molecule has 0 aromatic carbocycles. The van der Waals surface area contributed by atoms with Crippen molar-refractivity contribution in [3.05, 3.63) is 24.3 Å². The Hall–Kier alpha value is -1.73. The number of allylic oxidation sites excluding steroid dienone is 4. The number of unbranched alkanes of at least 4 members (excludes halogenated alkanes) is 40. The summed E-state index contributed by atoms with van der Waals surface area (Å²) in [6.07, 6.45) is 38.2. The first-order valence-corrected chi connectivity index (χ1v) is 38.1. The Bertz CT molecular complexity index is 1780. The van der Waals surface area contributed by atoms with E-state index in [2.05, 4.69) is 43.5 Å². The van der Waals surface area contributed by atoms with E-state index < -0.39 is 124 Å². The first kappa shape index (κ1) is 85.5. The maximum Gasteiger partial charge on any atom is 0.220 e. The first-order valence-electron chi connectivity index (χ1n) is 38.1. The van der Waals surface area contributed by atoms with E-state index in [9.17, 15) is 61.0 Å². The van der Waals surface area contributed by atoms with E-state index in [1.54, 1.807) is 0 Å². The number of hydrogen-bond acceptors (Lipinski definition) is 18. The van der Waals surface area contributed by atoms with Crippen LogP contribution >= 0.6 is 0 Å². The van der Waals surface area contributed by atoms with Gasteiger partial charge in [0.25, 0.3) is 0 Å². The summed E-state index contributed by atoms with van der Waals surface area (Å²) < 4.78 is 34.5. The maximum absolute atomic E-state index is 13.5. The Kier molecular flexibility index (Phi) is 51.5. The van der Waals surface area contributed by atoms with Gasteiger partial charge >= 0.3 is 0 Å². The molecule has 0 saturated carbocycles. The third kappa shape index (κ3) is 37.3. The Morgan fingerprint density at radius 1 is 0.387 bits per heavy atom. The number of aliphatic hydroxyl groups excluding tert-OH is 11. The van der Waals surface area contributed by atoms with Crippen molar-refractivity contribution in [2.75, 3.05) is 26.4 Å². The molecule has 0 spiro atoms. The molecule has 3 aliphatic heterocycles. The van der Waals surface area contributed by atoms with Crippen LogP contribution in [0.2, 0.25) is 0 Å². The summed E-state index contributed by atoms with van der Waals surface area (Å²) in [6.45, 7) is 1.83. The van der Waals surface area contributed by atoms with E-state index in [0.717, 1.165) is 57.8 Å². The average Bonchev–Trinajstić information content (AvgIpc) is 0.814. The second-order valence-electron chi connectivity index (χ2n) is 27.5. The number of ether oxygens (including phenoxy) is 6. The summed E-state index contributed by atoms with van der Waals surface area (Å²) in [4.78, 5) is 13.5. The first-order chi connectivity index (χ1) is 45.3. The Morgan fingerprint density at radius 2 is 0.710 bits per heavy atom. The molecule has 19 nitrogen and oxygen atoms in total. The standard InChI is InChI=1S/C74H139NO18/c1-3-5-7-9-11-13-15-17-19-21-23-25-27-28-30-31-33-35-37-39-41-43-45-47-49-51-58(79)57(75-62(80)52-50-48-46-44-42-40-38-36-34-32-29-26-24-22-20-18-16-14-12-10-8-6-4-2)56-88-72-68(86)65(83)70(60(54-77)90-72)93-74-69(87)66(84)71(61(55-78)91-74)92-73-67(85)64(82)63(81)59(53-76)89-73/h16,18,22,24,57-61,63-74,76-79,81-87H,3-15,17,19-21,23,25-56H2,1-2H3,(H,75,80)/b18-16-,24-22-. The van der Waals surface area contributed by atoms with Crippen molar-refractivity contribution in [3.63, 3.8) is 0 Å². The van der Waals surface area contributed by atoms with Gasteiger partial charge in [-0.25, -0.2) is 0 Å². The number of hydrogen-bond donors (Lipinski definition) is 12. The lowest BCUT2D eigenvalue weighted by Gasteiger charge is -2.48. The molecule has 3 saturated heterocycles. The second-order valence-corrected chi connectivity index (χ2v) is 27.5. The molecule has 0 aromatic rings. The number of aliphatic hydroxyl groups is 11. The van der Waals surface area contributed by atoms with Gasteiger partial charge < -0.3 is 89.9 Å². The number of carbonyl (C=O) groups is 1. The van der Waals surface area contributed by atoms with E-state index in [1.807, 2.05) is 0 Å². The van der Waals surface area contributed by atoms with E-state index in [0.29, 0.717) is 12.8 Å². The minimum absolute atomic E-state index is 0.240. The van der Waals surface area contributed by atoms with Gasteiger partial charge in [-0.3, -0.25) is 4.79 Å². The molecule has 0 aliphatic carbocycles. The molecule has 3 fully saturated rings. The van der Waals surface area contributed by atoms with Gasteiger partial charge in [0.2, 0.25) is 5.91 Å². The smallest absolute Gasteiger partial charge is 0.220 e. The molecule has 0 aromatic heterocycles. The van der Waals surface area contributed by atoms with Gasteiger partial charge in [0.05, 0.1) is 38.6 Å². The lowest BCUT2D eigenvalue weighted by atomic mass is 9.96. The lowest BCUT2D eigenvalue weighted by Crippen LogP contribution is -2.66. The monoisotopic (exact) mass is 1330 g/mol. The SMILES string of the molecule is CCCCCCC/C=C\C/C=C\CCCCCCCCCCCCCC(=O)NC(COC1OC(CO)C(OC2OC(CO)C(OC3OC(CO)C(O)C(O)C3O)C(O)C2O)C(O)C1O)C(O)CCCCCCCCCCCCCCCCCCCCCCCCCCC. The zero-order valence-corrected chi connectivity index (χ0v) is 58.3. The lowest BCUT2D eigenvalue weighted by molar-refractivity contribution is -0.379. The summed E-state index contributed by atoms with van der Waals surface area (Å²) in [5.74, 6) is -0.240. The van der Waals surface area contributed by atoms with Crippen molar-refractivity contribution < 1.29 is 89.4 Å². The van der Waals surface area contributed by atoms with Crippen molar-refractivity contribution in [2.24, 2.45) is 0 Å². The molecule has 0 bridgehead atoms. The summed E-state index contributed by atoms with van der Waals surface area (Å²) in [7, 11) is 0. The van der Waals surface area contributed by atoms with Crippen molar-refractivity contribution in [2.45, 2.75) is 413 Å². The highest BCUT2D eigenvalue weighted by Gasteiger charge is 2.53. The average molecular weight is 1330 g/mol. The summed E-state index contributed by atoms with van der Waals surface area (Å²) >= 11 is 0. The van der Waals surface area contributed by atoms with Crippen LogP contribution < -0.4 is 5.32 Å². The summed E-state index contributed by atoms with van der Waals surface area (Å²) in [6, 6.07) is -0.888. The van der Waals surface area contributed by atoms with Crippen LogP contribution in [0.15, 0.2) is 24.3 Å². The van der Waals surface area contributed by atoms with Crippen LogP contribution in [0.5, 0.6) is 0 Å². The van der Waals surface area contributed by atoms with Crippen LogP contribution in [0.4, 0.5) is 0 Å². The fourth-order valence-electron chi connectivity index (χ4n) is 13.1. The molecule has 0 radical (unpaired) electrons. The van der Waals surface area contributed by atoms with Crippen LogP contribution in [0.1, 0.15) is 309 Å². The number of rotatable bonds is 60. The fourth-order valence-corrected chi connectivity index (χ4v) is 13.1. The molecule has 12 N–H and O–H groups in total. The van der Waals surface area contributed by atoms with Gasteiger partial charge in [0.15, 0.2) is 18.9 Å². The summed E-state index contributed by atoms with van der Waals surface area (Å²) in [5.41, 5.74) is 0. The molecule has 548 valence electrons. The molecular formula is C74H139NO18. The van der Waals surface area contributed by atoms with E-state index in [-0.39, 0.29) is 18.9 Å². The highest BCUT2D eigenvalue weighted by molar-refractivity contribution is 5.76. The van der Waals surface area contributed by atoms with Crippen molar-refractivity contribution >= 4 is 5.91 Å².